The van der Waals surface area contributed by atoms with Crippen LogP contribution in [0.15, 0.2) is 0 Å². The molecule has 0 aliphatic heterocycles. The highest BCUT2D eigenvalue weighted by atomic mass is 32.1. The quantitative estimate of drug-likeness (QED) is 0.756. The van der Waals surface area contributed by atoms with Crippen LogP contribution < -0.4 is 5.73 Å². The van der Waals surface area contributed by atoms with Gasteiger partial charge in [-0.15, -0.1) is 0 Å². The summed E-state index contributed by atoms with van der Waals surface area (Å²) in [6, 6.07) is 0. The lowest BCUT2D eigenvalue weighted by Crippen LogP contribution is -2.17. The first-order chi connectivity index (χ1) is 7.22. The number of nitrogens with zero attached hydrogens (tertiary/aromatic N) is 1. The Labute approximate surface area is 95.1 Å². The van der Waals surface area contributed by atoms with Crippen molar-refractivity contribution in [3.63, 3.8) is 0 Å². The maximum absolute atomic E-state index is 5.65. The van der Waals surface area contributed by atoms with Gasteiger partial charge in [0.25, 0.3) is 0 Å². The molecular weight excluding hydrogens is 206 g/mol. The lowest BCUT2D eigenvalue weighted by atomic mass is 9.83. The molecule has 1 heterocycles. The highest BCUT2D eigenvalue weighted by Gasteiger charge is 2.22. The van der Waals surface area contributed by atoms with Gasteiger partial charge < -0.3 is 10.7 Å². The van der Waals surface area contributed by atoms with Crippen molar-refractivity contribution in [1.82, 2.24) is 9.97 Å². The number of aryl methyl sites for hydroxylation is 2. The Morgan fingerprint density at radius 2 is 2.40 bits per heavy atom. The summed E-state index contributed by atoms with van der Waals surface area (Å²) in [6.07, 6.45) is 4.57. The van der Waals surface area contributed by atoms with Crippen LogP contribution in [0.2, 0.25) is 0 Å². The Morgan fingerprint density at radius 3 is 3.13 bits per heavy atom. The van der Waals surface area contributed by atoms with Crippen molar-refractivity contribution in [1.29, 1.82) is 0 Å². The number of nitrogens with one attached hydrogen (secondary N) is 1. The Bertz CT molecular complexity index is 411. The molecule has 3 N–H and O–H groups in total. The van der Waals surface area contributed by atoms with Gasteiger partial charge in [0.2, 0.25) is 0 Å². The fourth-order valence-corrected chi connectivity index (χ4v) is 2.80. The van der Waals surface area contributed by atoms with Gasteiger partial charge in [-0.3, -0.25) is 0 Å². The van der Waals surface area contributed by atoms with Crippen LogP contribution in [0.3, 0.4) is 0 Å². The van der Waals surface area contributed by atoms with Crippen LogP contribution in [-0.2, 0) is 6.42 Å². The van der Waals surface area contributed by atoms with Crippen molar-refractivity contribution in [3.05, 3.63) is 21.7 Å². The third-order valence-electron chi connectivity index (χ3n) is 3.14. The molecule has 15 heavy (non-hydrogen) atoms. The van der Waals surface area contributed by atoms with Crippen molar-refractivity contribution in [2.45, 2.75) is 38.5 Å². The van der Waals surface area contributed by atoms with Gasteiger partial charge in [-0.25, -0.2) is 4.98 Å². The number of hydrogen-bond donors (Lipinski definition) is 2. The fourth-order valence-electron chi connectivity index (χ4n) is 2.54. The van der Waals surface area contributed by atoms with E-state index in [0.29, 0.717) is 10.7 Å². The highest BCUT2D eigenvalue weighted by Crippen LogP contribution is 2.33. The van der Waals surface area contributed by atoms with E-state index in [1.807, 2.05) is 0 Å². The van der Waals surface area contributed by atoms with Crippen LogP contribution in [0.5, 0.6) is 0 Å². The predicted molar refractivity (Wildman–Crippen MR) is 63.5 cm³/mol. The minimum Gasteiger partial charge on any atom is -0.334 e. The normalized spacial score (nSPS) is 20.0. The monoisotopic (exact) mass is 223 g/mol. The fraction of sp³-hybridized carbons (Fsp3) is 0.636. The van der Waals surface area contributed by atoms with Crippen molar-refractivity contribution >= 4 is 12.2 Å². The highest BCUT2D eigenvalue weighted by molar-refractivity contribution is 7.71. The molecule has 0 saturated carbocycles. The van der Waals surface area contributed by atoms with Gasteiger partial charge in [-0.2, -0.15) is 0 Å². The lowest BCUT2D eigenvalue weighted by Gasteiger charge is -2.25. The Hall–Kier alpha value is -0.740. The number of fused-ring (bicyclic) bond motifs is 1. The number of rotatable bonds is 2. The van der Waals surface area contributed by atoms with Crippen LogP contribution in [0.4, 0.5) is 0 Å². The van der Waals surface area contributed by atoms with E-state index in [-0.39, 0.29) is 0 Å². The van der Waals surface area contributed by atoms with Crippen LogP contribution in [0.1, 0.15) is 42.1 Å². The molecule has 0 spiro atoms. The second kappa shape index (κ2) is 4.41. The largest absolute Gasteiger partial charge is 0.334 e. The molecule has 0 fully saturated rings. The molecule has 0 amide bonds. The van der Waals surface area contributed by atoms with E-state index in [0.717, 1.165) is 19.4 Å². The summed E-state index contributed by atoms with van der Waals surface area (Å²) in [7, 11) is 0. The van der Waals surface area contributed by atoms with Gasteiger partial charge in [-0.1, -0.05) is 0 Å². The Morgan fingerprint density at radius 1 is 1.60 bits per heavy atom. The Balaban J connectivity index is 2.46. The molecule has 1 aliphatic carbocycles. The number of aromatic nitrogens is 2. The second-order valence-electron chi connectivity index (χ2n) is 4.19. The molecule has 1 aliphatic rings. The smallest absolute Gasteiger partial charge is 0.197 e. The Kier molecular flexibility index (Phi) is 3.17. The molecule has 1 unspecified atom stereocenters. The van der Waals surface area contributed by atoms with E-state index >= 15 is 0 Å². The summed E-state index contributed by atoms with van der Waals surface area (Å²) in [5.74, 6) is 0.582. The molecule has 82 valence electrons. The molecule has 1 aromatic heterocycles. The zero-order chi connectivity index (χ0) is 10.8. The SMILES string of the molecule is Cc1[nH]c(=S)nc2c1C(CCN)CCC2. The van der Waals surface area contributed by atoms with Crippen LogP contribution >= 0.6 is 12.2 Å². The van der Waals surface area contributed by atoms with Gasteiger partial charge in [-0.05, 0) is 62.9 Å². The van der Waals surface area contributed by atoms with Crippen molar-refractivity contribution in [2.75, 3.05) is 6.54 Å². The molecule has 1 aromatic rings. The molecule has 3 nitrogen and oxygen atoms in total. The number of hydrogen-bond acceptors (Lipinski definition) is 3. The second-order valence-corrected chi connectivity index (χ2v) is 4.58. The average Bonchev–Trinajstić information content (AvgIpc) is 2.17. The summed E-state index contributed by atoms with van der Waals surface area (Å²) < 4.78 is 0.611. The van der Waals surface area contributed by atoms with Crippen molar-refractivity contribution < 1.29 is 0 Å². The van der Waals surface area contributed by atoms with Gasteiger partial charge in [0.15, 0.2) is 4.77 Å². The topological polar surface area (TPSA) is 54.7 Å². The number of aromatic amines is 1. The summed E-state index contributed by atoms with van der Waals surface area (Å²) in [5, 5.41) is 0. The van der Waals surface area contributed by atoms with Crippen molar-refractivity contribution in [2.24, 2.45) is 5.73 Å². The van der Waals surface area contributed by atoms with Gasteiger partial charge in [0, 0.05) is 11.4 Å². The van der Waals surface area contributed by atoms with E-state index < -0.39 is 0 Å². The van der Waals surface area contributed by atoms with Crippen LogP contribution in [-0.4, -0.2) is 16.5 Å². The molecule has 0 radical (unpaired) electrons. The summed E-state index contributed by atoms with van der Waals surface area (Å²) >= 11 is 5.10. The maximum Gasteiger partial charge on any atom is 0.197 e. The first-order valence-corrected chi connectivity index (χ1v) is 5.93. The first kappa shape index (κ1) is 10.8. The minimum absolute atomic E-state index is 0.582. The third-order valence-corrected chi connectivity index (χ3v) is 3.33. The standard InChI is InChI=1S/C11H17N3S/c1-7-10-8(5-6-12)3-2-4-9(10)14-11(15)13-7/h8H,2-6,12H2,1H3,(H,13,14,15). The van der Waals surface area contributed by atoms with Gasteiger partial charge >= 0.3 is 0 Å². The van der Waals surface area contributed by atoms with Crippen LogP contribution in [0.25, 0.3) is 0 Å². The summed E-state index contributed by atoms with van der Waals surface area (Å²) in [6.45, 7) is 2.84. The van der Waals surface area contributed by atoms with Crippen molar-refractivity contribution in [3.8, 4) is 0 Å². The van der Waals surface area contributed by atoms with E-state index in [2.05, 4.69) is 16.9 Å². The first-order valence-electron chi connectivity index (χ1n) is 5.52. The molecule has 0 bridgehead atoms. The molecule has 0 aromatic carbocycles. The average molecular weight is 223 g/mol. The maximum atomic E-state index is 5.65. The predicted octanol–water partition coefficient (Wildman–Crippen LogP) is 2.22. The van der Waals surface area contributed by atoms with E-state index in [1.165, 1.54) is 29.8 Å². The molecule has 0 saturated heterocycles. The molecule has 1 atom stereocenters. The zero-order valence-electron chi connectivity index (χ0n) is 9.05. The van der Waals surface area contributed by atoms with E-state index in [4.69, 9.17) is 18.0 Å². The molecule has 4 heteroatoms. The summed E-state index contributed by atoms with van der Waals surface area (Å²) in [4.78, 5) is 7.58. The molecule has 2 rings (SSSR count). The number of H-pyrrole nitrogens is 1. The molecular formula is C11H17N3S. The summed E-state index contributed by atoms with van der Waals surface area (Å²) in [5.41, 5.74) is 9.40. The minimum atomic E-state index is 0.582. The van der Waals surface area contributed by atoms with E-state index in [1.54, 1.807) is 0 Å². The van der Waals surface area contributed by atoms with Gasteiger partial charge in [0.05, 0.1) is 0 Å². The third kappa shape index (κ3) is 2.11. The van der Waals surface area contributed by atoms with Crippen LogP contribution in [0, 0.1) is 11.7 Å². The van der Waals surface area contributed by atoms with E-state index in [9.17, 15) is 0 Å². The lowest BCUT2D eigenvalue weighted by molar-refractivity contribution is 0.511. The zero-order valence-corrected chi connectivity index (χ0v) is 9.86. The number of nitrogens with two attached hydrogens (primary N) is 1. The van der Waals surface area contributed by atoms with Gasteiger partial charge in [0.1, 0.15) is 0 Å².